The van der Waals surface area contributed by atoms with E-state index in [9.17, 15) is 0 Å². The second-order valence-electron chi connectivity index (χ2n) is 5.16. The third-order valence-electron chi connectivity index (χ3n) is 4.01. The molecule has 0 aromatic carbocycles. The van der Waals surface area contributed by atoms with E-state index in [1.54, 1.807) is 0 Å². The molecular formula is C13H24Li2N2. The Kier molecular flexibility index (Phi) is 11.7. The van der Waals surface area contributed by atoms with E-state index in [0.717, 1.165) is 38.0 Å². The van der Waals surface area contributed by atoms with Gasteiger partial charge < -0.3 is 10.6 Å². The summed E-state index contributed by atoms with van der Waals surface area (Å²) in [7, 11) is 0. The molecule has 0 amide bonds. The van der Waals surface area contributed by atoms with Crippen molar-refractivity contribution < 1.29 is 37.7 Å². The van der Waals surface area contributed by atoms with Crippen LogP contribution >= 0.6 is 0 Å². The summed E-state index contributed by atoms with van der Waals surface area (Å²) in [6, 6.07) is 0. The fraction of sp³-hybridized carbons (Fsp3) is 1.00. The largest absolute Gasteiger partial charge is 1.00 e. The molecule has 0 atom stereocenters. The van der Waals surface area contributed by atoms with Crippen LogP contribution in [-0.4, -0.2) is 26.2 Å². The zero-order chi connectivity index (χ0) is 10.3. The van der Waals surface area contributed by atoms with Crippen LogP contribution in [0.1, 0.15) is 44.9 Å². The molecule has 0 aromatic rings. The Morgan fingerprint density at radius 2 is 1.00 bits per heavy atom. The summed E-state index contributed by atoms with van der Waals surface area (Å²) < 4.78 is 0. The SMILES string of the molecule is C(CC1CC[N-]CC1)CC1CC[N-]CC1.[Li+].[Li+]. The van der Waals surface area contributed by atoms with Gasteiger partial charge in [0.1, 0.15) is 0 Å². The Labute approximate surface area is 131 Å². The van der Waals surface area contributed by atoms with Gasteiger partial charge in [0, 0.05) is 0 Å². The van der Waals surface area contributed by atoms with E-state index in [4.69, 9.17) is 0 Å². The second-order valence-corrected chi connectivity index (χ2v) is 5.16. The smallest absolute Gasteiger partial charge is 0.662 e. The molecular weight excluding hydrogens is 198 g/mol. The van der Waals surface area contributed by atoms with E-state index in [2.05, 4.69) is 10.6 Å². The molecule has 4 heteroatoms. The van der Waals surface area contributed by atoms with Crippen molar-refractivity contribution >= 4 is 0 Å². The summed E-state index contributed by atoms with van der Waals surface area (Å²) in [6.45, 7) is 4.53. The zero-order valence-corrected chi connectivity index (χ0v) is 11.8. The minimum Gasteiger partial charge on any atom is -0.662 e. The monoisotopic (exact) mass is 222 g/mol. The van der Waals surface area contributed by atoms with E-state index in [1.165, 1.54) is 44.9 Å². The van der Waals surface area contributed by atoms with Crippen LogP contribution in [0.25, 0.3) is 10.6 Å². The van der Waals surface area contributed by atoms with Gasteiger partial charge in [-0.3, -0.25) is 0 Å². The van der Waals surface area contributed by atoms with Crippen molar-refractivity contribution in [2.75, 3.05) is 26.2 Å². The van der Waals surface area contributed by atoms with E-state index in [1.807, 2.05) is 0 Å². The first-order valence-corrected chi connectivity index (χ1v) is 6.71. The molecule has 88 valence electrons. The van der Waals surface area contributed by atoms with Crippen molar-refractivity contribution in [1.82, 2.24) is 0 Å². The minimum absolute atomic E-state index is 0. The minimum atomic E-state index is 0. The van der Waals surface area contributed by atoms with Crippen LogP contribution in [0.15, 0.2) is 0 Å². The third kappa shape index (κ3) is 7.32. The van der Waals surface area contributed by atoms with E-state index < -0.39 is 0 Å². The van der Waals surface area contributed by atoms with Crippen LogP contribution in [0.3, 0.4) is 0 Å². The summed E-state index contributed by atoms with van der Waals surface area (Å²) in [5, 5.41) is 8.83. The summed E-state index contributed by atoms with van der Waals surface area (Å²) in [4.78, 5) is 0. The summed E-state index contributed by atoms with van der Waals surface area (Å²) in [5.41, 5.74) is 0. The van der Waals surface area contributed by atoms with Crippen molar-refractivity contribution in [2.45, 2.75) is 44.9 Å². The summed E-state index contributed by atoms with van der Waals surface area (Å²) >= 11 is 0. The van der Waals surface area contributed by atoms with Gasteiger partial charge in [0.25, 0.3) is 0 Å². The van der Waals surface area contributed by atoms with Gasteiger partial charge in [0.05, 0.1) is 0 Å². The van der Waals surface area contributed by atoms with Crippen LogP contribution in [0, 0.1) is 11.8 Å². The second kappa shape index (κ2) is 11.0. The first kappa shape index (κ1) is 18.1. The molecule has 0 radical (unpaired) electrons. The third-order valence-corrected chi connectivity index (χ3v) is 4.01. The number of nitrogens with zero attached hydrogens (tertiary/aromatic N) is 2. The molecule has 2 aliphatic rings. The van der Waals surface area contributed by atoms with Gasteiger partial charge in [-0.2, -0.15) is 0 Å². The number of hydrogen-bond acceptors (Lipinski definition) is 0. The topological polar surface area (TPSA) is 28.2 Å². The van der Waals surface area contributed by atoms with Crippen molar-refractivity contribution in [1.29, 1.82) is 0 Å². The zero-order valence-electron chi connectivity index (χ0n) is 11.8. The predicted octanol–water partition coefficient (Wildman–Crippen LogP) is -2.27. The van der Waals surface area contributed by atoms with Crippen LogP contribution in [0.2, 0.25) is 0 Å². The summed E-state index contributed by atoms with van der Waals surface area (Å²) in [6.07, 6.45) is 9.82. The Morgan fingerprint density at radius 1 is 0.647 bits per heavy atom. The van der Waals surface area contributed by atoms with E-state index >= 15 is 0 Å². The maximum atomic E-state index is 4.41. The van der Waals surface area contributed by atoms with Crippen LogP contribution < -0.4 is 37.7 Å². The van der Waals surface area contributed by atoms with Crippen LogP contribution in [-0.2, 0) is 0 Å². The maximum Gasteiger partial charge on any atom is 1.00 e. The van der Waals surface area contributed by atoms with Crippen LogP contribution in [0.4, 0.5) is 0 Å². The Bertz CT molecular complexity index is 149. The predicted molar refractivity (Wildman–Crippen MR) is 65.5 cm³/mol. The molecule has 0 saturated carbocycles. The molecule has 2 saturated heterocycles. The molecule has 2 nitrogen and oxygen atoms in total. The van der Waals surface area contributed by atoms with Gasteiger partial charge in [-0.05, 0) is 11.8 Å². The molecule has 2 heterocycles. The molecule has 0 spiro atoms. The van der Waals surface area contributed by atoms with Crippen LogP contribution in [0.5, 0.6) is 0 Å². The van der Waals surface area contributed by atoms with Gasteiger partial charge in [0.2, 0.25) is 0 Å². The average Bonchev–Trinajstić information content (AvgIpc) is 2.32. The fourth-order valence-electron chi connectivity index (χ4n) is 2.88. The number of rotatable bonds is 4. The Balaban J connectivity index is 0.00000128. The Hall–Kier alpha value is 1.11. The normalized spacial score (nSPS) is 22.6. The van der Waals surface area contributed by atoms with Gasteiger partial charge in [0.15, 0.2) is 0 Å². The van der Waals surface area contributed by atoms with Crippen molar-refractivity contribution in [3.63, 3.8) is 0 Å². The quantitative estimate of drug-likeness (QED) is 0.480. The van der Waals surface area contributed by atoms with Crippen molar-refractivity contribution in [2.24, 2.45) is 11.8 Å². The van der Waals surface area contributed by atoms with Crippen molar-refractivity contribution in [3.05, 3.63) is 10.6 Å². The molecule has 0 aromatic heterocycles. The fourth-order valence-corrected chi connectivity index (χ4v) is 2.88. The molecule has 2 aliphatic heterocycles. The van der Waals surface area contributed by atoms with Gasteiger partial charge >= 0.3 is 37.7 Å². The molecule has 2 fully saturated rings. The Morgan fingerprint density at radius 3 is 1.35 bits per heavy atom. The summed E-state index contributed by atoms with van der Waals surface area (Å²) in [5.74, 6) is 1.99. The van der Waals surface area contributed by atoms with Crippen molar-refractivity contribution in [3.8, 4) is 0 Å². The van der Waals surface area contributed by atoms with Gasteiger partial charge in [-0.1, -0.05) is 44.9 Å². The first-order valence-electron chi connectivity index (χ1n) is 6.71. The molecule has 2 rings (SSSR count). The molecule has 0 aliphatic carbocycles. The van der Waals surface area contributed by atoms with E-state index in [0.29, 0.717) is 0 Å². The molecule has 0 unspecified atom stereocenters. The maximum absolute atomic E-state index is 4.41. The number of piperidine rings is 2. The van der Waals surface area contributed by atoms with E-state index in [-0.39, 0.29) is 37.7 Å². The molecule has 17 heavy (non-hydrogen) atoms. The molecule has 0 bridgehead atoms. The average molecular weight is 222 g/mol. The van der Waals surface area contributed by atoms with Gasteiger partial charge in [-0.15, -0.1) is 26.2 Å². The number of hydrogen-bond donors (Lipinski definition) is 0. The standard InChI is InChI=1S/C13H24N2.2Li/c1(2-12-4-8-14-9-5-12)3-13-6-10-15-11-7-13;;/h12-13H,1-11H2;;/q-2;2*+1. The first-order chi connectivity index (χ1) is 7.45. The molecule has 0 N–H and O–H groups in total. The van der Waals surface area contributed by atoms with Gasteiger partial charge in [-0.25, -0.2) is 0 Å².